The molecule has 0 bridgehead atoms. The molecule has 1 aromatic carbocycles. The molecule has 1 fully saturated rings. The molecule has 0 amide bonds. The Kier molecular flexibility index (Phi) is 4.77. The van der Waals surface area contributed by atoms with Gasteiger partial charge in [-0.05, 0) is 5.56 Å². The molecule has 3 nitrogen and oxygen atoms in total. The molecule has 1 aliphatic heterocycles. The quantitative estimate of drug-likeness (QED) is 0.800. The van der Waals surface area contributed by atoms with Crippen molar-refractivity contribution >= 4 is 0 Å². The lowest BCUT2D eigenvalue weighted by Crippen LogP contribution is -2.47. The van der Waals surface area contributed by atoms with Crippen molar-refractivity contribution in [1.29, 1.82) is 0 Å². The lowest BCUT2D eigenvalue weighted by molar-refractivity contribution is 0.0769. The van der Waals surface area contributed by atoms with Crippen LogP contribution in [0.5, 0.6) is 0 Å². The van der Waals surface area contributed by atoms with Gasteiger partial charge >= 0.3 is 0 Å². The molecule has 0 aliphatic carbocycles. The Balaban J connectivity index is 1.80. The highest BCUT2D eigenvalue weighted by molar-refractivity contribution is 5.17. The summed E-state index contributed by atoms with van der Waals surface area (Å²) in [5, 5.41) is 10.2. The first-order valence-corrected chi connectivity index (χ1v) is 6.41. The number of nitrogens with zero attached hydrogens (tertiary/aromatic N) is 2. The molecule has 1 aliphatic rings. The Labute approximate surface area is 109 Å². The Morgan fingerprint density at radius 1 is 1.11 bits per heavy atom. The number of aliphatic hydroxyl groups excluding tert-OH is 1. The van der Waals surface area contributed by atoms with Gasteiger partial charge in [-0.1, -0.05) is 36.3 Å². The molecule has 3 heteroatoms. The monoisotopic (exact) mass is 244 g/mol. The van der Waals surface area contributed by atoms with E-state index in [-0.39, 0.29) is 0 Å². The van der Waals surface area contributed by atoms with Crippen molar-refractivity contribution in [1.82, 2.24) is 9.80 Å². The molecule has 2 rings (SSSR count). The van der Waals surface area contributed by atoms with E-state index in [4.69, 9.17) is 6.42 Å². The van der Waals surface area contributed by atoms with Gasteiger partial charge in [-0.3, -0.25) is 9.80 Å². The highest BCUT2D eigenvalue weighted by atomic mass is 16.3. The summed E-state index contributed by atoms with van der Waals surface area (Å²) in [6.45, 7) is 5.37. The number of hydrogen-bond acceptors (Lipinski definition) is 3. The Morgan fingerprint density at radius 3 is 2.33 bits per heavy atom. The second-order valence-corrected chi connectivity index (χ2v) is 4.71. The maximum Gasteiger partial charge on any atom is 0.0916 e. The molecule has 96 valence electrons. The van der Waals surface area contributed by atoms with Gasteiger partial charge in [-0.15, -0.1) is 6.42 Å². The maximum absolute atomic E-state index is 10.2. The number of rotatable bonds is 4. The zero-order valence-electron chi connectivity index (χ0n) is 10.6. The van der Waals surface area contributed by atoms with Gasteiger partial charge in [0.05, 0.1) is 12.6 Å². The molecule has 0 radical (unpaired) electrons. The third-order valence-corrected chi connectivity index (χ3v) is 3.40. The van der Waals surface area contributed by atoms with Crippen LogP contribution < -0.4 is 0 Å². The van der Waals surface area contributed by atoms with Crippen LogP contribution in [-0.2, 0) is 0 Å². The molecule has 0 saturated carbocycles. The third-order valence-electron chi connectivity index (χ3n) is 3.40. The molecule has 0 aromatic heterocycles. The first-order chi connectivity index (χ1) is 8.79. The fourth-order valence-electron chi connectivity index (χ4n) is 2.28. The van der Waals surface area contributed by atoms with Crippen molar-refractivity contribution in [3.63, 3.8) is 0 Å². The molecule has 0 spiro atoms. The lowest BCUT2D eigenvalue weighted by Gasteiger charge is -2.34. The van der Waals surface area contributed by atoms with Gasteiger partial charge in [-0.2, -0.15) is 0 Å². The summed E-state index contributed by atoms with van der Waals surface area (Å²) in [6, 6.07) is 9.83. The number of β-amino-alcohol motifs (C(OH)–C–C–N with tert-alkyl or cyclic N) is 1. The third kappa shape index (κ3) is 3.58. The minimum Gasteiger partial charge on any atom is -0.387 e. The van der Waals surface area contributed by atoms with E-state index in [1.54, 1.807) is 0 Å². The predicted octanol–water partition coefficient (Wildman–Crippen LogP) is 0.971. The minimum atomic E-state index is -0.398. The van der Waals surface area contributed by atoms with E-state index in [0.717, 1.165) is 38.3 Å². The van der Waals surface area contributed by atoms with Crippen LogP contribution in [0.4, 0.5) is 0 Å². The largest absolute Gasteiger partial charge is 0.387 e. The summed E-state index contributed by atoms with van der Waals surface area (Å²) in [5.74, 6) is 2.68. The van der Waals surface area contributed by atoms with Crippen LogP contribution in [-0.4, -0.2) is 54.2 Å². The molecule has 1 saturated heterocycles. The van der Waals surface area contributed by atoms with Crippen LogP contribution in [0.25, 0.3) is 0 Å². The zero-order valence-corrected chi connectivity index (χ0v) is 10.6. The number of piperazine rings is 1. The van der Waals surface area contributed by atoms with Crippen LogP contribution in [0.1, 0.15) is 11.7 Å². The van der Waals surface area contributed by atoms with Crippen molar-refractivity contribution in [2.75, 3.05) is 39.3 Å². The molecule has 1 N–H and O–H groups in total. The van der Waals surface area contributed by atoms with Gasteiger partial charge in [0.1, 0.15) is 0 Å². The van der Waals surface area contributed by atoms with Crippen LogP contribution in [0, 0.1) is 12.3 Å². The molecule has 18 heavy (non-hydrogen) atoms. The molecule has 1 atom stereocenters. The topological polar surface area (TPSA) is 26.7 Å². The Morgan fingerprint density at radius 2 is 1.72 bits per heavy atom. The average Bonchev–Trinajstić information content (AvgIpc) is 2.42. The van der Waals surface area contributed by atoms with Crippen LogP contribution in [0.2, 0.25) is 0 Å². The van der Waals surface area contributed by atoms with Crippen molar-refractivity contribution in [3.05, 3.63) is 35.9 Å². The zero-order chi connectivity index (χ0) is 12.8. The maximum atomic E-state index is 10.2. The number of benzene rings is 1. The highest BCUT2D eigenvalue weighted by Gasteiger charge is 2.19. The smallest absolute Gasteiger partial charge is 0.0916 e. The van der Waals surface area contributed by atoms with Gasteiger partial charge in [0.25, 0.3) is 0 Å². The summed E-state index contributed by atoms with van der Waals surface area (Å²) in [5.41, 5.74) is 0.989. The minimum absolute atomic E-state index is 0.398. The van der Waals surface area contributed by atoms with E-state index in [9.17, 15) is 5.11 Å². The molecule has 1 aromatic rings. The van der Waals surface area contributed by atoms with Gasteiger partial charge < -0.3 is 5.11 Å². The lowest BCUT2D eigenvalue weighted by atomic mass is 10.1. The summed E-state index contributed by atoms with van der Waals surface area (Å²) < 4.78 is 0. The normalized spacial score (nSPS) is 19.3. The Hall–Kier alpha value is -1.34. The summed E-state index contributed by atoms with van der Waals surface area (Å²) in [6.07, 6.45) is 4.91. The molecule has 1 heterocycles. The van der Waals surface area contributed by atoms with Crippen LogP contribution in [0.15, 0.2) is 30.3 Å². The van der Waals surface area contributed by atoms with E-state index in [1.165, 1.54) is 0 Å². The van der Waals surface area contributed by atoms with Gasteiger partial charge in [0.2, 0.25) is 0 Å². The Bertz CT molecular complexity index is 391. The van der Waals surface area contributed by atoms with Gasteiger partial charge in [0.15, 0.2) is 0 Å². The van der Waals surface area contributed by atoms with E-state index >= 15 is 0 Å². The predicted molar refractivity (Wildman–Crippen MR) is 73.1 cm³/mol. The number of aliphatic hydroxyl groups is 1. The van der Waals surface area contributed by atoms with Gasteiger partial charge in [0, 0.05) is 32.7 Å². The van der Waals surface area contributed by atoms with E-state index < -0.39 is 6.10 Å². The standard InChI is InChI=1S/C15H20N2O/c1-2-8-16-9-11-17(12-10-16)13-15(18)14-6-4-3-5-7-14/h1,3-7,15,18H,8-13H2. The van der Waals surface area contributed by atoms with Crippen LogP contribution >= 0.6 is 0 Å². The van der Waals surface area contributed by atoms with E-state index in [0.29, 0.717) is 6.54 Å². The van der Waals surface area contributed by atoms with Crippen molar-refractivity contribution in [2.45, 2.75) is 6.10 Å². The van der Waals surface area contributed by atoms with E-state index in [2.05, 4.69) is 15.7 Å². The first kappa shape index (κ1) is 13.1. The first-order valence-electron chi connectivity index (χ1n) is 6.41. The average molecular weight is 244 g/mol. The summed E-state index contributed by atoms with van der Waals surface area (Å²) >= 11 is 0. The second kappa shape index (κ2) is 6.55. The summed E-state index contributed by atoms with van der Waals surface area (Å²) in [7, 11) is 0. The molecular formula is C15H20N2O. The SMILES string of the molecule is C#CCN1CCN(CC(O)c2ccccc2)CC1. The van der Waals surface area contributed by atoms with Crippen molar-refractivity contribution in [2.24, 2.45) is 0 Å². The fraction of sp³-hybridized carbons (Fsp3) is 0.467. The van der Waals surface area contributed by atoms with Gasteiger partial charge in [-0.25, -0.2) is 0 Å². The highest BCUT2D eigenvalue weighted by Crippen LogP contribution is 2.14. The second-order valence-electron chi connectivity index (χ2n) is 4.71. The van der Waals surface area contributed by atoms with Crippen molar-refractivity contribution in [3.8, 4) is 12.3 Å². The fourth-order valence-corrected chi connectivity index (χ4v) is 2.28. The molecular weight excluding hydrogens is 224 g/mol. The van der Waals surface area contributed by atoms with Crippen LogP contribution in [0.3, 0.4) is 0 Å². The molecule has 1 unspecified atom stereocenters. The van der Waals surface area contributed by atoms with E-state index in [1.807, 2.05) is 30.3 Å². The number of hydrogen-bond donors (Lipinski definition) is 1. The summed E-state index contributed by atoms with van der Waals surface area (Å²) in [4.78, 5) is 4.57. The van der Waals surface area contributed by atoms with Crippen molar-refractivity contribution < 1.29 is 5.11 Å². The number of terminal acetylenes is 1.